The van der Waals surface area contributed by atoms with Gasteiger partial charge in [0.1, 0.15) is 17.1 Å². The Hall–Kier alpha value is -2.50. The number of benzene rings is 1. The van der Waals surface area contributed by atoms with E-state index in [1.54, 1.807) is 5.38 Å². The first kappa shape index (κ1) is 19.8. The molecule has 0 radical (unpaired) electrons. The lowest BCUT2D eigenvalue weighted by molar-refractivity contribution is -0.293. The van der Waals surface area contributed by atoms with Gasteiger partial charge < -0.3 is 14.5 Å². The quantitative estimate of drug-likeness (QED) is 0.735. The van der Waals surface area contributed by atoms with Gasteiger partial charge in [-0.1, -0.05) is 0 Å². The second kappa shape index (κ2) is 7.39. The summed E-state index contributed by atoms with van der Waals surface area (Å²) in [6.45, 7) is -0.458. The molecule has 29 heavy (non-hydrogen) atoms. The zero-order valence-corrected chi connectivity index (χ0v) is 15.8. The van der Waals surface area contributed by atoms with E-state index in [9.17, 15) is 22.8 Å². The number of hydrogen-bond acceptors (Lipinski definition) is 6. The summed E-state index contributed by atoms with van der Waals surface area (Å²) in [5.41, 5.74) is 0.132. The zero-order valence-electron chi connectivity index (χ0n) is 15.0. The molecule has 0 aliphatic carbocycles. The minimum atomic E-state index is -4.13. The van der Waals surface area contributed by atoms with E-state index in [2.05, 4.69) is 4.98 Å². The van der Waals surface area contributed by atoms with Crippen LogP contribution in [0.1, 0.15) is 10.5 Å². The summed E-state index contributed by atoms with van der Waals surface area (Å²) in [4.78, 5) is 31.1. The molecule has 2 amide bonds. The molecule has 1 aromatic carbocycles. The number of amides is 2. The van der Waals surface area contributed by atoms with Crippen LogP contribution in [0.25, 0.3) is 0 Å². The topological polar surface area (TPSA) is 72.0 Å². The maximum Gasteiger partial charge on any atom is 0.437 e. The van der Waals surface area contributed by atoms with Crippen molar-refractivity contribution in [3.8, 4) is 0 Å². The van der Waals surface area contributed by atoms with Gasteiger partial charge in [0.05, 0.1) is 31.8 Å². The largest absolute Gasteiger partial charge is 0.437 e. The highest BCUT2D eigenvalue weighted by Crippen LogP contribution is 2.37. The number of carbonyl (C=O) groups excluding carboxylic acids is 2. The molecule has 3 heterocycles. The first-order valence-corrected chi connectivity index (χ1v) is 9.65. The molecule has 2 fully saturated rings. The first-order valence-electron chi connectivity index (χ1n) is 8.70. The number of aromatic nitrogens is 1. The summed E-state index contributed by atoms with van der Waals surface area (Å²) >= 11 is 1.24. The molecule has 154 valence electrons. The van der Waals surface area contributed by atoms with E-state index < -0.39 is 29.3 Å². The smallest absolute Gasteiger partial charge is 0.376 e. The molecule has 1 atom stereocenters. The van der Waals surface area contributed by atoms with Crippen LogP contribution in [0.5, 0.6) is 0 Å². The minimum Gasteiger partial charge on any atom is -0.376 e. The third-order valence-corrected chi connectivity index (χ3v) is 5.30. The lowest BCUT2D eigenvalue weighted by Gasteiger charge is -2.45. The Bertz CT molecular complexity index is 910. The van der Waals surface area contributed by atoms with Crippen LogP contribution in [-0.4, -0.2) is 66.3 Å². The van der Waals surface area contributed by atoms with Gasteiger partial charge in [0.15, 0.2) is 0 Å². The van der Waals surface area contributed by atoms with E-state index in [1.807, 2.05) is 0 Å². The number of carbonyl (C=O) groups is 2. The summed E-state index contributed by atoms with van der Waals surface area (Å²) < 4.78 is 52.7. The lowest BCUT2D eigenvalue weighted by atomic mass is 10.00. The molecule has 4 rings (SSSR count). The van der Waals surface area contributed by atoms with Crippen molar-refractivity contribution in [3.05, 3.63) is 46.7 Å². The molecule has 2 aliphatic heterocycles. The van der Waals surface area contributed by atoms with Crippen molar-refractivity contribution in [2.45, 2.75) is 11.7 Å². The summed E-state index contributed by atoms with van der Waals surface area (Å²) in [7, 11) is 0. The van der Waals surface area contributed by atoms with Crippen molar-refractivity contribution in [2.24, 2.45) is 0 Å². The number of nitrogens with zero attached hydrogens (tertiary/aromatic N) is 3. The van der Waals surface area contributed by atoms with E-state index in [-0.39, 0.29) is 44.2 Å². The molecule has 0 N–H and O–H groups in total. The maximum atomic E-state index is 14.5. The average Bonchev–Trinajstić information content (AvgIpc) is 3.14. The zero-order chi connectivity index (χ0) is 20.6. The first-order chi connectivity index (χ1) is 13.8. The average molecular weight is 427 g/mol. The molecule has 1 aromatic heterocycles. The van der Waals surface area contributed by atoms with Crippen LogP contribution in [0.3, 0.4) is 0 Å². The molecule has 11 heteroatoms. The molecule has 2 aliphatic rings. The molecule has 1 spiro atoms. The number of alkyl halides is 2. The highest BCUT2D eigenvalue weighted by molar-refractivity contribution is 7.07. The lowest BCUT2D eigenvalue weighted by Crippen LogP contribution is -2.66. The monoisotopic (exact) mass is 427 g/mol. The van der Waals surface area contributed by atoms with Gasteiger partial charge in [-0.25, -0.2) is 9.37 Å². The van der Waals surface area contributed by atoms with E-state index >= 15 is 0 Å². The Labute approximate surface area is 167 Å². The van der Waals surface area contributed by atoms with Crippen LogP contribution >= 0.6 is 11.3 Å². The Morgan fingerprint density at radius 3 is 2.66 bits per heavy atom. The molecular formula is C18H16F3N3O4S. The van der Waals surface area contributed by atoms with Gasteiger partial charge >= 0.3 is 12.0 Å². The Kier molecular flexibility index (Phi) is 5.05. The van der Waals surface area contributed by atoms with Crippen LogP contribution in [0.2, 0.25) is 0 Å². The predicted molar refractivity (Wildman–Crippen MR) is 96.4 cm³/mol. The highest BCUT2D eigenvalue weighted by Gasteiger charge is 2.58. The summed E-state index contributed by atoms with van der Waals surface area (Å²) in [5, 5.41) is 1.56. The van der Waals surface area contributed by atoms with Gasteiger partial charge in [-0.05, 0) is 24.3 Å². The van der Waals surface area contributed by atoms with Gasteiger partial charge in [-0.3, -0.25) is 14.3 Å². The van der Waals surface area contributed by atoms with Gasteiger partial charge in [-0.2, -0.15) is 8.78 Å². The van der Waals surface area contributed by atoms with Crippen molar-refractivity contribution in [2.75, 3.05) is 37.7 Å². The summed E-state index contributed by atoms with van der Waals surface area (Å²) in [5.74, 6) is -2.56. The van der Waals surface area contributed by atoms with Crippen LogP contribution in [0.15, 0.2) is 35.2 Å². The summed E-state index contributed by atoms with van der Waals surface area (Å²) in [6, 6.07) is 4.62. The maximum absolute atomic E-state index is 14.5. The predicted octanol–water partition coefficient (Wildman–Crippen LogP) is 2.15. The molecular weight excluding hydrogens is 411 g/mol. The molecule has 1 unspecified atom stereocenters. The van der Waals surface area contributed by atoms with Crippen molar-refractivity contribution in [1.82, 2.24) is 9.88 Å². The summed E-state index contributed by atoms with van der Waals surface area (Å²) in [6.07, 6.45) is -4.13. The standard InChI is InChI=1S/C18H16F3N3O4S/c19-12-1-3-13(4-2-12)24-9-17(28-18(20,21)16(24)26)8-23(5-6-27-10-17)15(25)14-7-29-11-22-14/h1-4,7,11H,5-6,8-10H2. The number of thiazole rings is 1. The van der Waals surface area contributed by atoms with Crippen LogP contribution in [-0.2, 0) is 14.3 Å². The van der Waals surface area contributed by atoms with E-state index in [0.717, 1.165) is 17.0 Å². The van der Waals surface area contributed by atoms with E-state index in [0.29, 0.717) is 0 Å². The second-order valence-corrected chi connectivity index (χ2v) is 7.54. The number of rotatable bonds is 2. The Morgan fingerprint density at radius 1 is 1.21 bits per heavy atom. The van der Waals surface area contributed by atoms with Crippen LogP contribution in [0, 0.1) is 5.82 Å². The number of anilines is 1. The SMILES string of the molecule is O=C(c1cscn1)N1CCOCC2(C1)CN(c1ccc(F)cc1)C(=O)C(F)(F)O2. The van der Waals surface area contributed by atoms with Crippen LogP contribution < -0.4 is 4.90 Å². The fourth-order valence-electron chi connectivity index (χ4n) is 3.41. The van der Waals surface area contributed by atoms with Gasteiger partial charge in [0.25, 0.3) is 5.91 Å². The highest BCUT2D eigenvalue weighted by atomic mass is 32.1. The van der Waals surface area contributed by atoms with Gasteiger partial charge in [-0.15, -0.1) is 11.3 Å². The normalized spacial score (nSPS) is 24.6. The van der Waals surface area contributed by atoms with Gasteiger partial charge in [0, 0.05) is 17.6 Å². The number of ether oxygens (including phenoxy) is 2. The van der Waals surface area contributed by atoms with Crippen molar-refractivity contribution >= 4 is 28.8 Å². The third kappa shape index (κ3) is 3.85. The fraction of sp³-hybridized carbons (Fsp3) is 0.389. The molecule has 0 bridgehead atoms. The van der Waals surface area contributed by atoms with E-state index in [1.165, 1.54) is 33.9 Å². The second-order valence-electron chi connectivity index (χ2n) is 6.82. The van der Waals surface area contributed by atoms with Crippen molar-refractivity contribution in [3.63, 3.8) is 0 Å². The molecule has 0 saturated carbocycles. The minimum absolute atomic E-state index is 0.0976. The van der Waals surface area contributed by atoms with E-state index in [4.69, 9.17) is 9.47 Å². The molecule has 2 saturated heterocycles. The van der Waals surface area contributed by atoms with Crippen molar-refractivity contribution in [1.29, 1.82) is 0 Å². The van der Waals surface area contributed by atoms with Crippen molar-refractivity contribution < 1.29 is 32.2 Å². The third-order valence-electron chi connectivity index (χ3n) is 4.71. The number of hydrogen-bond donors (Lipinski definition) is 0. The molecule has 2 aromatic rings. The molecule has 7 nitrogen and oxygen atoms in total. The van der Waals surface area contributed by atoms with Gasteiger partial charge in [0.2, 0.25) is 0 Å². The fourth-order valence-corrected chi connectivity index (χ4v) is 3.94. The Morgan fingerprint density at radius 2 is 1.97 bits per heavy atom. The van der Waals surface area contributed by atoms with Crippen LogP contribution in [0.4, 0.5) is 18.9 Å². The number of morpholine rings is 1. The Balaban J connectivity index is 1.66. The number of halogens is 3.